The molecule has 0 saturated heterocycles. The van der Waals surface area contributed by atoms with Gasteiger partial charge >= 0.3 is 0 Å². The van der Waals surface area contributed by atoms with Crippen molar-refractivity contribution in [2.24, 2.45) is 0 Å². The second-order valence-electron chi connectivity index (χ2n) is 12.6. The molecule has 10 rings (SSSR count). The molecule has 47 heavy (non-hydrogen) atoms. The fourth-order valence-corrected chi connectivity index (χ4v) is 7.98. The molecule has 0 saturated carbocycles. The predicted octanol–water partition coefficient (Wildman–Crippen LogP) is 12.3. The van der Waals surface area contributed by atoms with E-state index in [0.717, 1.165) is 60.9 Å². The second kappa shape index (κ2) is 9.72. The largest absolute Gasteiger partial charge is 0.456 e. The Morgan fingerprint density at radius 1 is 0.404 bits per heavy atom. The van der Waals surface area contributed by atoms with Crippen molar-refractivity contribution in [1.82, 2.24) is 0 Å². The van der Waals surface area contributed by atoms with Crippen LogP contribution in [0, 0.1) is 0 Å². The van der Waals surface area contributed by atoms with Gasteiger partial charge in [-0.25, -0.2) is 0 Å². The minimum atomic E-state index is -0.418. The molecule has 3 heteroatoms. The first-order valence-electron chi connectivity index (χ1n) is 16.1. The summed E-state index contributed by atoms with van der Waals surface area (Å²) in [6.07, 6.45) is 0. The summed E-state index contributed by atoms with van der Waals surface area (Å²) in [5, 5.41) is 4.51. The van der Waals surface area contributed by atoms with E-state index in [1.165, 1.54) is 27.8 Å². The van der Waals surface area contributed by atoms with E-state index in [9.17, 15) is 0 Å². The molecule has 0 aliphatic heterocycles. The molecule has 0 bridgehead atoms. The van der Waals surface area contributed by atoms with Crippen LogP contribution in [-0.4, -0.2) is 0 Å². The summed E-state index contributed by atoms with van der Waals surface area (Å²) in [6, 6.07) is 56.0. The lowest BCUT2D eigenvalue weighted by Gasteiger charge is -2.32. The third-order valence-electron chi connectivity index (χ3n) is 10.1. The molecule has 0 spiro atoms. The number of rotatable bonds is 4. The molecule has 222 valence electrons. The Morgan fingerprint density at radius 2 is 0.957 bits per heavy atom. The summed E-state index contributed by atoms with van der Waals surface area (Å²) in [6.45, 7) is 2.38. The summed E-state index contributed by atoms with van der Waals surface area (Å²) >= 11 is 0. The minimum absolute atomic E-state index is 0.418. The van der Waals surface area contributed by atoms with E-state index in [1.807, 2.05) is 18.2 Å². The molecule has 0 N–H and O–H groups in total. The lowest BCUT2D eigenvalue weighted by Crippen LogP contribution is -2.23. The van der Waals surface area contributed by atoms with Crippen molar-refractivity contribution in [3.63, 3.8) is 0 Å². The number of furan rings is 2. The Hall–Kier alpha value is -6.06. The normalized spacial score (nSPS) is 13.4. The van der Waals surface area contributed by atoms with Gasteiger partial charge in [-0.05, 0) is 77.2 Å². The van der Waals surface area contributed by atoms with E-state index in [2.05, 4.69) is 151 Å². The van der Waals surface area contributed by atoms with Crippen LogP contribution in [0.1, 0.15) is 23.6 Å². The van der Waals surface area contributed by atoms with Gasteiger partial charge in [-0.15, -0.1) is 0 Å². The van der Waals surface area contributed by atoms with Crippen molar-refractivity contribution in [2.45, 2.75) is 12.3 Å². The molecule has 0 unspecified atom stereocenters. The predicted molar refractivity (Wildman–Crippen MR) is 193 cm³/mol. The number of para-hydroxylation sites is 3. The molecule has 0 atom stereocenters. The number of anilines is 3. The smallest absolute Gasteiger partial charge is 0.137 e. The molecular formula is C44H29NO2. The maximum absolute atomic E-state index is 6.70. The molecule has 2 heterocycles. The molecule has 7 aromatic carbocycles. The molecule has 2 aromatic heterocycles. The van der Waals surface area contributed by atoms with Crippen molar-refractivity contribution in [2.75, 3.05) is 4.90 Å². The highest BCUT2D eigenvalue weighted by molar-refractivity contribution is 6.10. The maximum atomic E-state index is 6.70. The van der Waals surface area contributed by atoms with E-state index < -0.39 is 5.41 Å². The summed E-state index contributed by atoms with van der Waals surface area (Å²) in [5.74, 6) is 0. The average Bonchev–Trinajstić information content (AvgIpc) is 3.77. The molecule has 9 aromatic rings. The monoisotopic (exact) mass is 603 g/mol. The second-order valence-corrected chi connectivity index (χ2v) is 12.6. The first-order valence-corrected chi connectivity index (χ1v) is 16.1. The lowest BCUT2D eigenvalue weighted by molar-refractivity contribution is 0.666. The number of benzene rings is 7. The Bertz CT molecular complexity index is 2620. The van der Waals surface area contributed by atoms with Crippen LogP contribution in [0.3, 0.4) is 0 Å². The summed E-state index contributed by atoms with van der Waals surface area (Å²) < 4.78 is 13.1. The molecule has 3 nitrogen and oxygen atoms in total. The molecule has 0 amide bonds. The lowest BCUT2D eigenvalue weighted by atomic mass is 9.72. The Labute approximate surface area is 271 Å². The highest BCUT2D eigenvalue weighted by Crippen LogP contribution is 2.55. The van der Waals surface area contributed by atoms with E-state index in [4.69, 9.17) is 8.83 Å². The zero-order valence-corrected chi connectivity index (χ0v) is 25.8. The van der Waals surface area contributed by atoms with Crippen LogP contribution in [0.25, 0.3) is 55.0 Å². The van der Waals surface area contributed by atoms with Crippen LogP contribution >= 0.6 is 0 Å². The Balaban J connectivity index is 1.29. The quantitative estimate of drug-likeness (QED) is 0.200. The maximum Gasteiger partial charge on any atom is 0.137 e. The Kier molecular flexibility index (Phi) is 5.41. The number of hydrogen-bond acceptors (Lipinski definition) is 3. The third kappa shape index (κ3) is 3.68. The fraction of sp³-hybridized carbons (Fsp3) is 0.0455. The average molecular weight is 604 g/mol. The van der Waals surface area contributed by atoms with Gasteiger partial charge in [0.15, 0.2) is 0 Å². The first-order chi connectivity index (χ1) is 23.2. The molecule has 1 aliphatic carbocycles. The topological polar surface area (TPSA) is 29.5 Å². The van der Waals surface area contributed by atoms with E-state index >= 15 is 0 Å². The van der Waals surface area contributed by atoms with E-state index in [0.29, 0.717) is 0 Å². The SMILES string of the molecule is CC1(c2cc(N(c3ccccc3)c3ccc4c(c3)oc3ccccc34)cc3oc4ccccc4c23)c2ccccc2-c2ccccc21. The van der Waals surface area contributed by atoms with Gasteiger partial charge in [0.25, 0.3) is 0 Å². The molecule has 0 radical (unpaired) electrons. The summed E-state index contributed by atoms with van der Waals surface area (Å²) in [7, 11) is 0. The van der Waals surface area contributed by atoms with Crippen LogP contribution in [0.15, 0.2) is 167 Å². The third-order valence-corrected chi connectivity index (χ3v) is 10.1. The van der Waals surface area contributed by atoms with Crippen molar-refractivity contribution < 1.29 is 8.83 Å². The van der Waals surface area contributed by atoms with E-state index in [1.54, 1.807) is 0 Å². The van der Waals surface area contributed by atoms with Crippen molar-refractivity contribution in [1.29, 1.82) is 0 Å². The van der Waals surface area contributed by atoms with Crippen molar-refractivity contribution >= 4 is 60.9 Å². The molecule has 1 aliphatic rings. The van der Waals surface area contributed by atoms with Gasteiger partial charge in [0, 0.05) is 50.5 Å². The number of hydrogen-bond donors (Lipinski definition) is 0. The van der Waals surface area contributed by atoms with E-state index in [-0.39, 0.29) is 0 Å². The minimum Gasteiger partial charge on any atom is -0.456 e. The zero-order chi connectivity index (χ0) is 31.1. The number of nitrogens with zero attached hydrogens (tertiary/aromatic N) is 1. The van der Waals surface area contributed by atoms with Crippen molar-refractivity contribution in [3.8, 4) is 11.1 Å². The van der Waals surface area contributed by atoms with Gasteiger partial charge in [-0.2, -0.15) is 0 Å². The molecular weight excluding hydrogens is 574 g/mol. The number of fused-ring (bicyclic) bond motifs is 9. The van der Waals surface area contributed by atoms with Gasteiger partial charge < -0.3 is 13.7 Å². The highest BCUT2D eigenvalue weighted by Gasteiger charge is 2.42. The van der Waals surface area contributed by atoms with Crippen LogP contribution in [-0.2, 0) is 5.41 Å². The fourth-order valence-electron chi connectivity index (χ4n) is 7.98. The van der Waals surface area contributed by atoms with Crippen LogP contribution in [0.4, 0.5) is 17.1 Å². The molecule has 0 fully saturated rings. The van der Waals surface area contributed by atoms with Crippen molar-refractivity contribution in [3.05, 3.63) is 174 Å². The van der Waals surface area contributed by atoms with Crippen LogP contribution in [0.5, 0.6) is 0 Å². The summed E-state index contributed by atoms with van der Waals surface area (Å²) in [4.78, 5) is 2.32. The van der Waals surface area contributed by atoms with Gasteiger partial charge in [0.05, 0.1) is 5.69 Å². The summed E-state index contributed by atoms with van der Waals surface area (Å²) in [5.41, 5.74) is 12.6. The Morgan fingerprint density at radius 3 is 1.70 bits per heavy atom. The zero-order valence-electron chi connectivity index (χ0n) is 25.8. The van der Waals surface area contributed by atoms with Crippen LogP contribution in [0.2, 0.25) is 0 Å². The van der Waals surface area contributed by atoms with Gasteiger partial charge in [-0.1, -0.05) is 103 Å². The van der Waals surface area contributed by atoms with Gasteiger partial charge in [-0.3, -0.25) is 0 Å². The standard InChI is InChI=1S/C44H29NO2/c1-44(36-19-9-5-15-31(36)32-16-6-10-20-37(32)44)38-25-30(27-42-43(38)35-18-8-12-22-40(35)47-42)45(28-13-3-2-4-14-28)29-23-24-34-33-17-7-11-21-39(33)46-41(34)26-29/h2-27H,1H3. The van der Waals surface area contributed by atoms with Gasteiger partial charge in [0.1, 0.15) is 22.3 Å². The first kappa shape index (κ1) is 26.2. The highest BCUT2D eigenvalue weighted by atomic mass is 16.3. The van der Waals surface area contributed by atoms with Gasteiger partial charge in [0.2, 0.25) is 0 Å². The van der Waals surface area contributed by atoms with Crippen LogP contribution < -0.4 is 4.90 Å².